The van der Waals surface area contributed by atoms with Gasteiger partial charge in [-0.3, -0.25) is 0 Å². The molecule has 0 nitrogen and oxygen atoms in total. The summed E-state index contributed by atoms with van der Waals surface area (Å²) in [5.74, 6) is -16.2. The summed E-state index contributed by atoms with van der Waals surface area (Å²) in [6.07, 6.45) is 1.84. The smallest absolute Gasteiger partial charge is 0.200 e. The van der Waals surface area contributed by atoms with Gasteiger partial charge in [0.15, 0.2) is 53.1 Å². The molecule has 0 spiro atoms. The van der Waals surface area contributed by atoms with Crippen LogP contribution < -0.4 is 0 Å². The first kappa shape index (κ1) is 28.7. The molecule has 0 N–H and O–H groups in total. The zero-order valence-corrected chi connectivity index (χ0v) is 20.0. The van der Waals surface area contributed by atoms with Gasteiger partial charge in [0.1, 0.15) is 0 Å². The quantitative estimate of drug-likeness (QED) is 0.121. The number of hydrogen-bond acceptors (Lipinski definition) is 0. The highest BCUT2D eigenvalue weighted by Crippen LogP contribution is 2.37. The molecule has 4 rings (SSSR count). The second-order valence-electron chi connectivity index (χ2n) is 8.55. The summed E-state index contributed by atoms with van der Waals surface area (Å²) in [4.78, 5) is 0. The van der Waals surface area contributed by atoms with Crippen LogP contribution in [0.3, 0.4) is 0 Å². The zero-order valence-electron chi connectivity index (χ0n) is 20.0. The molecule has 206 valence electrons. The number of alkyl halides is 2. The summed E-state index contributed by atoms with van der Waals surface area (Å²) in [6.45, 7) is 0. The lowest BCUT2D eigenvalue weighted by Gasteiger charge is -2.19. The first-order valence-electron chi connectivity index (χ1n) is 11.5. The van der Waals surface area contributed by atoms with Gasteiger partial charge >= 0.3 is 0 Å². The highest BCUT2D eigenvalue weighted by atomic mass is 19.2. The van der Waals surface area contributed by atoms with E-state index in [2.05, 4.69) is 0 Å². The third-order valence-electron chi connectivity index (χ3n) is 5.93. The van der Waals surface area contributed by atoms with Gasteiger partial charge in [0.05, 0.1) is 5.56 Å². The third kappa shape index (κ3) is 5.80. The minimum absolute atomic E-state index is 0.425. The van der Waals surface area contributed by atoms with Crippen LogP contribution in [0.5, 0.6) is 0 Å². The molecule has 40 heavy (non-hydrogen) atoms. The Bertz CT molecular complexity index is 1550. The SMILES string of the molecule is FC1=C(F)C(F)C(F)C(/C=C/c2ccc(/C=C/c3ccc(/C=C/c4c(F)c(F)c(F)c(F)c4F)cc3)cc2)=C1F. The average Bonchev–Trinajstić information content (AvgIpc) is 2.97. The first-order valence-corrected chi connectivity index (χ1v) is 11.5. The van der Waals surface area contributed by atoms with Crippen molar-refractivity contribution in [1.29, 1.82) is 0 Å². The van der Waals surface area contributed by atoms with Crippen LogP contribution in [0.1, 0.15) is 27.8 Å². The van der Waals surface area contributed by atoms with Crippen molar-refractivity contribution in [3.63, 3.8) is 0 Å². The molecule has 2 atom stereocenters. The van der Waals surface area contributed by atoms with Crippen molar-refractivity contribution in [3.8, 4) is 0 Å². The third-order valence-corrected chi connectivity index (χ3v) is 5.93. The number of rotatable bonds is 6. The molecule has 0 saturated carbocycles. The topological polar surface area (TPSA) is 0 Å². The van der Waals surface area contributed by atoms with Gasteiger partial charge in [0.2, 0.25) is 5.82 Å². The summed E-state index contributed by atoms with van der Waals surface area (Å²) in [5.41, 5.74) is 0.275. The van der Waals surface area contributed by atoms with Crippen LogP contribution in [0, 0.1) is 29.1 Å². The van der Waals surface area contributed by atoms with E-state index in [1.807, 2.05) is 0 Å². The van der Waals surface area contributed by atoms with Crippen molar-refractivity contribution >= 4 is 30.4 Å². The van der Waals surface area contributed by atoms with Crippen LogP contribution >= 0.6 is 0 Å². The highest BCUT2D eigenvalue weighted by Gasteiger charge is 2.38. The van der Waals surface area contributed by atoms with Crippen LogP contribution in [-0.4, -0.2) is 12.3 Å². The van der Waals surface area contributed by atoms with Crippen molar-refractivity contribution in [1.82, 2.24) is 0 Å². The Balaban J connectivity index is 1.43. The number of benzene rings is 3. The van der Waals surface area contributed by atoms with E-state index >= 15 is 0 Å². The van der Waals surface area contributed by atoms with Gasteiger partial charge < -0.3 is 0 Å². The molecule has 0 bridgehead atoms. The summed E-state index contributed by atoms with van der Waals surface area (Å²) < 4.78 is 135. The van der Waals surface area contributed by atoms with Gasteiger partial charge in [0, 0.05) is 5.57 Å². The van der Waals surface area contributed by atoms with Crippen LogP contribution in [0.4, 0.5) is 43.9 Å². The van der Waals surface area contributed by atoms with E-state index in [1.165, 1.54) is 12.2 Å². The fourth-order valence-corrected chi connectivity index (χ4v) is 3.69. The Kier molecular flexibility index (Phi) is 8.46. The maximum atomic E-state index is 13.9. The summed E-state index contributed by atoms with van der Waals surface area (Å²) in [7, 11) is 0. The van der Waals surface area contributed by atoms with Crippen molar-refractivity contribution in [2.75, 3.05) is 0 Å². The van der Waals surface area contributed by atoms with E-state index in [9.17, 15) is 43.9 Å². The minimum Gasteiger partial charge on any atom is -0.238 e. The monoisotopic (exact) mass is 566 g/mol. The fraction of sp³-hybridized carbons (Fsp3) is 0.0667. The highest BCUT2D eigenvalue weighted by molar-refractivity contribution is 5.73. The van der Waals surface area contributed by atoms with E-state index in [0.717, 1.165) is 12.2 Å². The molecule has 0 radical (unpaired) electrons. The molecular weight excluding hydrogens is 550 g/mol. The standard InChI is InChI=1S/C30H16F10/c31-21-19(22(32)26(36)29(39)25(21)35)13-11-17-7-3-15(4-8-17)1-2-16-5-9-18(10-6-16)12-14-20-23(33)27(37)30(40)28(38)24(20)34/h1-14,21,25H/b2-1+,13-11+,14-12+. The Labute approximate surface area is 221 Å². The molecule has 3 aromatic carbocycles. The van der Waals surface area contributed by atoms with Gasteiger partial charge in [-0.15, -0.1) is 0 Å². The zero-order chi connectivity index (χ0) is 29.1. The number of allylic oxidation sites excluding steroid dienone is 5. The molecule has 0 saturated heterocycles. The summed E-state index contributed by atoms with van der Waals surface area (Å²) in [6, 6.07) is 12.8. The molecule has 1 aliphatic carbocycles. The van der Waals surface area contributed by atoms with Crippen LogP contribution in [0.15, 0.2) is 77.7 Å². The molecule has 0 aliphatic heterocycles. The largest absolute Gasteiger partial charge is 0.238 e. The van der Waals surface area contributed by atoms with Crippen LogP contribution in [-0.2, 0) is 0 Å². The molecule has 0 aromatic heterocycles. The van der Waals surface area contributed by atoms with E-state index in [1.54, 1.807) is 60.7 Å². The Morgan fingerprint density at radius 3 is 1.18 bits per heavy atom. The minimum atomic E-state index is -2.92. The molecule has 10 heteroatoms. The Hall–Kier alpha value is -4.34. The molecule has 0 fully saturated rings. The van der Waals surface area contributed by atoms with Gasteiger partial charge in [-0.1, -0.05) is 78.9 Å². The summed E-state index contributed by atoms with van der Waals surface area (Å²) in [5, 5.41) is 0. The fourth-order valence-electron chi connectivity index (χ4n) is 3.69. The summed E-state index contributed by atoms with van der Waals surface area (Å²) >= 11 is 0. The molecule has 0 heterocycles. The van der Waals surface area contributed by atoms with E-state index in [0.29, 0.717) is 22.3 Å². The predicted molar refractivity (Wildman–Crippen MR) is 133 cm³/mol. The first-order chi connectivity index (χ1) is 19.0. The van der Waals surface area contributed by atoms with Crippen molar-refractivity contribution in [2.45, 2.75) is 12.3 Å². The lowest BCUT2D eigenvalue weighted by molar-refractivity contribution is 0.185. The van der Waals surface area contributed by atoms with E-state index in [4.69, 9.17) is 0 Å². The Morgan fingerprint density at radius 1 is 0.400 bits per heavy atom. The van der Waals surface area contributed by atoms with E-state index < -0.39 is 70.0 Å². The molecule has 1 aliphatic rings. The van der Waals surface area contributed by atoms with Gasteiger partial charge in [0.25, 0.3) is 0 Å². The molecule has 3 aromatic rings. The second kappa shape index (κ2) is 11.8. The van der Waals surface area contributed by atoms with Crippen molar-refractivity contribution in [2.24, 2.45) is 0 Å². The molecule has 2 unspecified atom stereocenters. The van der Waals surface area contributed by atoms with E-state index in [-0.39, 0.29) is 0 Å². The normalized spacial score (nSPS) is 18.2. The maximum Gasteiger partial charge on any atom is 0.200 e. The van der Waals surface area contributed by atoms with Crippen LogP contribution in [0.2, 0.25) is 0 Å². The van der Waals surface area contributed by atoms with Crippen molar-refractivity contribution in [3.05, 3.63) is 135 Å². The molecule has 0 amide bonds. The maximum absolute atomic E-state index is 13.9. The van der Waals surface area contributed by atoms with Gasteiger partial charge in [-0.25, -0.2) is 43.9 Å². The second-order valence-corrected chi connectivity index (χ2v) is 8.55. The van der Waals surface area contributed by atoms with Gasteiger partial charge in [-0.05, 0) is 28.3 Å². The average molecular weight is 566 g/mol. The lowest BCUT2D eigenvalue weighted by Crippen LogP contribution is -2.25. The number of halogens is 10. The van der Waals surface area contributed by atoms with Crippen molar-refractivity contribution < 1.29 is 43.9 Å². The Morgan fingerprint density at radius 2 is 0.750 bits per heavy atom. The lowest BCUT2D eigenvalue weighted by atomic mass is 9.97. The number of hydrogen-bond donors (Lipinski definition) is 0. The predicted octanol–water partition coefficient (Wildman–Crippen LogP) is 9.80. The van der Waals surface area contributed by atoms with Crippen LogP contribution in [0.25, 0.3) is 30.4 Å². The molecular formula is C30H16F10. The van der Waals surface area contributed by atoms with Gasteiger partial charge in [-0.2, -0.15) is 0 Å².